The van der Waals surface area contributed by atoms with Gasteiger partial charge in [-0.15, -0.1) is 0 Å². The summed E-state index contributed by atoms with van der Waals surface area (Å²) in [5.41, 5.74) is 3.82. The molecule has 2 heteroatoms. The summed E-state index contributed by atoms with van der Waals surface area (Å²) >= 11 is 0. The number of aryl methyl sites for hydroxylation is 1. The topological polar surface area (TPSA) is 17.8 Å². The maximum absolute atomic E-state index is 4.67. The number of benzene rings is 2. The number of allylic oxidation sites excluding steroid dienone is 2. The van der Waals surface area contributed by atoms with Crippen LogP contribution in [0, 0.1) is 6.92 Å². The Morgan fingerprint density at radius 3 is 2.14 bits per heavy atom. The van der Waals surface area contributed by atoms with Crippen molar-refractivity contribution in [2.45, 2.75) is 33.2 Å². The lowest BCUT2D eigenvalue weighted by Gasteiger charge is -2.09. The van der Waals surface area contributed by atoms with Gasteiger partial charge in [0.05, 0.1) is 10.7 Å². The van der Waals surface area contributed by atoms with E-state index in [0.29, 0.717) is 0 Å². The van der Waals surface area contributed by atoms with Crippen LogP contribution in [-0.4, -0.2) is 9.55 Å². The summed E-state index contributed by atoms with van der Waals surface area (Å²) in [5, 5.41) is 2.17. The van der Waals surface area contributed by atoms with Crippen LogP contribution < -0.4 is 10.7 Å². The van der Waals surface area contributed by atoms with Gasteiger partial charge < -0.3 is 4.57 Å². The zero-order valence-electron chi connectivity index (χ0n) is 16.8. The second-order valence-electron chi connectivity index (χ2n) is 6.76. The van der Waals surface area contributed by atoms with E-state index in [1.807, 2.05) is 19.1 Å². The molecule has 0 bridgehead atoms. The summed E-state index contributed by atoms with van der Waals surface area (Å²) in [6, 6.07) is 21.2. The fourth-order valence-corrected chi connectivity index (χ4v) is 3.52. The zero-order valence-corrected chi connectivity index (χ0v) is 16.8. The van der Waals surface area contributed by atoms with Crippen molar-refractivity contribution >= 4 is 17.7 Å². The molecular formula is C26H28N2. The number of unbranched alkanes of at least 4 members (excludes halogenated alkanes) is 1. The first-order valence-electron chi connectivity index (χ1n) is 9.88. The Kier molecular flexibility index (Phi) is 6.80. The van der Waals surface area contributed by atoms with E-state index in [4.69, 9.17) is 0 Å². The lowest BCUT2D eigenvalue weighted by molar-refractivity contribution is 0.619. The number of imidazole rings is 1. The first-order chi connectivity index (χ1) is 13.7. The van der Waals surface area contributed by atoms with Crippen LogP contribution in [0.15, 0.2) is 79.4 Å². The van der Waals surface area contributed by atoms with Gasteiger partial charge in [-0.25, -0.2) is 4.98 Å². The Morgan fingerprint density at radius 2 is 1.61 bits per heavy atom. The van der Waals surface area contributed by atoms with E-state index in [1.54, 1.807) is 0 Å². The molecule has 0 fully saturated rings. The van der Waals surface area contributed by atoms with E-state index in [-0.39, 0.29) is 0 Å². The third-order valence-corrected chi connectivity index (χ3v) is 4.88. The molecule has 142 valence electrons. The summed E-state index contributed by atoms with van der Waals surface area (Å²) in [7, 11) is 0. The third-order valence-electron chi connectivity index (χ3n) is 4.88. The molecule has 2 aromatic carbocycles. The van der Waals surface area contributed by atoms with Crippen molar-refractivity contribution in [1.29, 1.82) is 0 Å². The molecule has 0 atom stereocenters. The van der Waals surface area contributed by atoms with E-state index in [9.17, 15) is 0 Å². The monoisotopic (exact) mass is 368 g/mol. The average Bonchev–Trinajstić information content (AvgIpc) is 3.04. The van der Waals surface area contributed by atoms with Crippen LogP contribution >= 0.6 is 0 Å². The molecule has 1 heterocycles. The van der Waals surface area contributed by atoms with E-state index >= 15 is 0 Å². The van der Waals surface area contributed by atoms with Crippen LogP contribution in [0.2, 0.25) is 0 Å². The molecule has 0 radical (unpaired) electrons. The normalized spacial score (nSPS) is 12.2. The number of nitrogens with zero attached hydrogens (tertiary/aromatic N) is 2. The van der Waals surface area contributed by atoms with Crippen LogP contribution in [0.5, 0.6) is 0 Å². The van der Waals surface area contributed by atoms with Gasteiger partial charge >= 0.3 is 0 Å². The molecule has 0 unspecified atom stereocenters. The maximum atomic E-state index is 4.67. The van der Waals surface area contributed by atoms with Crippen LogP contribution in [-0.2, 0) is 6.54 Å². The molecule has 3 rings (SSSR count). The average molecular weight is 369 g/mol. The lowest BCUT2D eigenvalue weighted by atomic mass is 9.96. The van der Waals surface area contributed by atoms with Gasteiger partial charge in [-0.2, -0.15) is 0 Å². The van der Waals surface area contributed by atoms with E-state index in [1.165, 1.54) is 16.7 Å². The highest BCUT2D eigenvalue weighted by atomic mass is 15.1. The van der Waals surface area contributed by atoms with Gasteiger partial charge in [0.25, 0.3) is 0 Å². The van der Waals surface area contributed by atoms with E-state index in [2.05, 4.69) is 95.9 Å². The highest BCUT2D eigenvalue weighted by Gasteiger charge is 2.05. The van der Waals surface area contributed by atoms with Crippen molar-refractivity contribution < 1.29 is 0 Å². The van der Waals surface area contributed by atoms with Gasteiger partial charge in [-0.3, -0.25) is 0 Å². The fourth-order valence-electron chi connectivity index (χ4n) is 3.52. The molecule has 0 aliphatic heterocycles. The Balaban J connectivity index is 1.82. The predicted molar refractivity (Wildman–Crippen MR) is 120 cm³/mol. The first-order valence-corrected chi connectivity index (χ1v) is 9.88. The van der Waals surface area contributed by atoms with Crippen molar-refractivity contribution in [2.24, 2.45) is 0 Å². The Hall–Kier alpha value is -3.13. The smallest absolute Gasteiger partial charge is 0.106 e. The largest absolute Gasteiger partial charge is 0.328 e. The van der Waals surface area contributed by atoms with Crippen molar-refractivity contribution in [3.63, 3.8) is 0 Å². The van der Waals surface area contributed by atoms with Gasteiger partial charge in [-0.1, -0.05) is 85.5 Å². The van der Waals surface area contributed by atoms with Gasteiger partial charge in [0.1, 0.15) is 5.82 Å². The van der Waals surface area contributed by atoms with Crippen LogP contribution in [0.1, 0.15) is 36.7 Å². The summed E-state index contributed by atoms with van der Waals surface area (Å²) in [6.07, 6.45) is 10.4. The SMILES string of the molecule is C=C/C=c1\c(=C/C)nc(C)n1CCCC=C(c1ccccc1)c1ccccc1. The third kappa shape index (κ3) is 4.58. The molecule has 28 heavy (non-hydrogen) atoms. The van der Waals surface area contributed by atoms with Crippen molar-refractivity contribution in [3.8, 4) is 0 Å². The minimum atomic E-state index is 0.944. The molecule has 2 nitrogen and oxygen atoms in total. The molecular weight excluding hydrogens is 340 g/mol. The van der Waals surface area contributed by atoms with Crippen LogP contribution in [0.3, 0.4) is 0 Å². The van der Waals surface area contributed by atoms with E-state index in [0.717, 1.165) is 35.9 Å². The summed E-state index contributed by atoms with van der Waals surface area (Å²) in [5.74, 6) is 1.05. The van der Waals surface area contributed by atoms with Crippen molar-refractivity contribution in [1.82, 2.24) is 9.55 Å². The van der Waals surface area contributed by atoms with Crippen molar-refractivity contribution in [2.75, 3.05) is 0 Å². The minimum Gasteiger partial charge on any atom is -0.328 e. The number of hydrogen-bond donors (Lipinski definition) is 0. The number of rotatable bonds is 7. The molecule has 1 aromatic heterocycles. The minimum absolute atomic E-state index is 0.944. The second-order valence-corrected chi connectivity index (χ2v) is 6.76. The molecule has 0 saturated heterocycles. The lowest BCUT2D eigenvalue weighted by Crippen LogP contribution is -2.30. The molecule has 0 spiro atoms. The Labute approximate surface area is 167 Å². The van der Waals surface area contributed by atoms with E-state index < -0.39 is 0 Å². The first kappa shape index (κ1) is 19.6. The van der Waals surface area contributed by atoms with Crippen LogP contribution in [0.25, 0.3) is 17.7 Å². The second kappa shape index (κ2) is 9.70. The Bertz CT molecular complexity index is 1010. The van der Waals surface area contributed by atoms with Gasteiger partial charge in [0.15, 0.2) is 0 Å². The zero-order chi connectivity index (χ0) is 19.8. The standard InChI is InChI=1S/C26H28N2/c1-4-14-26-25(5-2)27-21(3)28(26)20-13-12-19-24(22-15-8-6-9-16-22)23-17-10-7-11-18-23/h4-11,14-19H,1,12-13,20H2,2-3H3/b25-5+,26-14+. The molecule has 0 aliphatic rings. The van der Waals surface area contributed by atoms with Gasteiger partial charge in [0.2, 0.25) is 0 Å². The summed E-state index contributed by atoms with van der Waals surface area (Å²) < 4.78 is 2.29. The van der Waals surface area contributed by atoms with Gasteiger partial charge in [0, 0.05) is 6.54 Å². The number of hydrogen-bond acceptors (Lipinski definition) is 1. The van der Waals surface area contributed by atoms with Crippen LogP contribution in [0.4, 0.5) is 0 Å². The highest BCUT2D eigenvalue weighted by Crippen LogP contribution is 2.24. The Morgan fingerprint density at radius 1 is 1.00 bits per heavy atom. The van der Waals surface area contributed by atoms with Crippen molar-refractivity contribution in [3.05, 3.63) is 107 Å². The quantitative estimate of drug-likeness (QED) is 0.544. The molecule has 3 aromatic rings. The highest BCUT2D eigenvalue weighted by molar-refractivity contribution is 5.79. The number of aromatic nitrogens is 2. The fraction of sp³-hybridized carbons (Fsp3) is 0.192. The molecule has 0 N–H and O–H groups in total. The maximum Gasteiger partial charge on any atom is 0.106 e. The summed E-state index contributed by atoms with van der Waals surface area (Å²) in [6.45, 7) is 8.89. The summed E-state index contributed by atoms with van der Waals surface area (Å²) in [4.78, 5) is 4.67. The molecule has 0 saturated carbocycles. The van der Waals surface area contributed by atoms with Gasteiger partial charge in [-0.05, 0) is 49.5 Å². The molecule has 0 amide bonds. The molecule has 0 aliphatic carbocycles. The predicted octanol–water partition coefficient (Wildman–Crippen LogP) is 4.87.